The maximum absolute atomic E-state index is 5.51. The first-order valence-electron chi connectivity index (χ1n) is 9.43. The fourth-order valence-electron chi connectivity index (χ4n) is 4.30. The summed E-state index contributed by atoms with van der Waals surface area (Å²) in [7, 11) is 1.72. The molecule has 0 aliphatic carbocycles. The number of anilines is 1. The molecule has 0 N–H and O–H groups in total. The molecule has 1 aliphatic rings. The van der Waals surface area contributed by atoms with Crippen LogP contribution in [0.3, 0.4) is 0 Å². The van der Waals surface area contributed by atoms with Gasteiger partial charge in [-0.2, -0.15) is 0 Å². The van der Waals surface area contributed by atoms with Gasteiger partial charge in [0.05, 0.1) is 18.3 Å². The molecule has 1 aromatic heterocycles. The minimum absolute atomic E-state index is 0.691. The SMILES string of the molecule is COc1ccc2ncc(-c3ccccc3)c(N3CC(C)CC(C)C3)c2c1. The van der Waals surface area contributed by atoms with Gasteiger partial charge < -0.3 is 9.64 Å². The Morgan fingerprint density at radius 1 is 1.00 bits per heavy atom. The largest absolute Gasteiger partial charge is 0.497 e. The van der Waals surface area contributed by atoms with Crippen molar-refractivity contribution in [1.29, 1.82) is 0 Å². The van der Waals surface area contributed by atoms with E-state index in [0.29, 0.717) is 11.8 Å². The number of ether oxygens (including phenoxy) is 1. The molecule has 2 unspecified atom stereocenters. The van der Waals surface area contributed by atoms with E-state index in [2.05, 4.69) is 61.2 Å². The van der Waals surface area contributed by atoms with E-state index in [4.69, 9.17) is 9.72 Å². The molecular formula is C23H26N2O. The van der Waals surface area contributed by atoms with Gasteiger partial charge in [-0.1, -0.05) is 44.2 Å². The topological polar surface area (TPSA) is 25.4 Å². The molecule has 1 saturated heterocycles. The van der Waals surface area contributed by atoms with Crippen LogP contribution in [0.4, 0.5) is 5.69 Å². The van der Waals surface area contributed by atoms with Crippen molar-refractivity contribution in [3.8, 4) is 16.9 Å². The summed E-state index contributed by atoms with van der Waals surface area (Å²) in [5.74, 6) is 2.26. The van der Waals surface area contributed by atoms with E-state index in [1.54, 1.807) is 7.11 Å². The molecule has 1 aliphatic heterocycles. The van der Waals surface area contributed by atoms with E-state index in [9.17, 15) is 0 Å². The molecule has 2 atom stereocenters. The summed E-state index contributed by atoms with van der Waals surface area (Å²) < 4.78 is 5.51. The quantitative estimate of drug-likeness (QED) is 0.635. The summed E-state index contributed by atoms with van der Waals surface area (Å²) in [6.45, 7) is 6.88. The lowest BCUT2D eigenvalue weighted by Crippen LogP contribution is -2.39. The second-order valence-corrected chi connectivity index (χ2v) is 7.62. The maximum Gasteiger partial charge on any atom is 0.119 e. The Hall–Kier alpha value is -2.55. The van der Waals surface area contributed by atoms with Crippen molar-refractivity contribution in [2.24, 2.45) is 11.8 Å². The van der Waals surface area contributed by atoms with Gasteiger partial charge in [0.25, 0.3) is 0 Å². The van der Waals surface area contributed by atoms with Crippen LogP contribution in [0.1, 0.15) is 20.3 Å². The van der Waals surface area contributed by atoms with E-state index in [-0.39, 0.29) is 0 Å². The number of benzene rings is 2. The molecule has 3 nitrogen and oxygen atoms in total. The number of pyridine rings is 1. The molecule has 0 bridgehead atoms. The average Bonchev–Trinajstić information content (AvgIpc) is 2.66. The van der Waals surface area contributed by atoms with Gasteiger partial charge in [0.1, 0.15) is 5.75 Å². The Kier molecular flexibility index (Phi) is 4.54. The molecule has 134 valence electrons. The van der Waals surface area contributed by atoms with Crippen molar-refractivity contribution in [2.45, 2.75) is 20.3 Å². The number of nitrogens with zero attached hydrogens (tertiary/aromatic N) is 2. The molecule has 2 aromatic carbocycles. The molecule has 0 saturated carbocycles. The Morgan fingerprint density at radius 2 is 1.73 bits per heavy atom. The zero-order valence-corrected chi connectivity index (χ0v) is 15.8. The summed E-state index contributed by atoms with van der Waals surface area (Å²) >= 11 is 0. The molecule has 0 amide bonds. The van der Waals surface area contributed by atoms with Gasteiger partial charge in [-0.05, 0) is 42.0 Å². The number of piperidine rings is 1. The smallest absolute Gasteiger partial charge is 0.119 e. The lowest BCUT2D eigenvalue weighted by Gasteiger charge is -2.38. The third-order valence-electron chi connectivity index (χ3n) is 5.32. The fraction of sp³-hybridized carbons (Fsp3) is 0.348. The molecule has 3 aromatic rings. The highest BCUT2D eigenvalue weighted by atomic mass is 16.5. The third-order valence-corrected chi connectivity index (χ3v) is 5.32. The number of methoxy groups -OCH3 is 1. The van der Waals surface area contributed by atoms with Crippen molar-refractivity contribution in [2.75, 3.05) is 25.1 Å². The van der Waals surface area contributed by atoms with Crippen LogP contribution in [0.25, 0.3) is 22.0 Å². The van der Waals surface area contributed by atoms with Gasteiger partial charge in [0.2, 0.25) is 0 Å². The summed E-state index contributed by atoms with van der Waals surface area (Å²) in [5.41, 5.74) is 4.73. The number of rotatable bonds is 3. The van der Waals surface area contributed by atoms with Crippen LogP contribution < -0.4 is 9.64 Å². The first-order valence-corrected chi connectivity index (χ1v) is 9.43. The number of hydrogen-bond donors (Lipinski definition) is 0. The van der Waals surface area contributed by atoms with E-state index in [1.165, 1.54) is 28.6 Å². The third kappa shape index (κ3) is 3.14. The van der Waals surface area contributed by atoms with Crippen molar-refractivity contribution >= 4 is 16.6 Å². The zero-order chi connectivity index (χ0) is 18.1. The lowest BCUT2D eigenvalue weighted by molar-refractivity contribution is 0.357. The summed E-state index contributed by atoms with van der Waals surface area (Å²) in [4.78, 5) is 7.30. The first kappa shape index (κ1) is 16.9. The standard InChI is InChI=1S/C23H26N2O/c1-16-11-17(2)15-25(14-16)23-20-12-19(26-3)9-10-22(20)24-13-21(23)18-7-5-4-6-8-18/h4-10,12-13,16-17H,11,14-15H2,1-3H3. The van der Waals surface area contributed by atoms with Crippen molar-refractivity contribution < 1.29 is 4.74 Å². The van der Waals surface area contributed by atoms with Gasteiger partial charge >= 0.3 is 0 Å². The van der Waals surface area contributed by atoms with Crippen molar-refractivity contribution in [1.82, 2.24) is 4.98 Å². The van der Waals surface area contributed by atoms with Gasteiger partial charge in [0, 0.05) is 30.2 Å². The number of aromatic nitrogens is 1. The second kappa shape index (κ2) is 6.99. The zero-order valence-electron chi connectivity index (χ0n) is 15.8. The highest BCUT2D eigenvalue weighted by Crippen LogP contribution is 2.40. The van der Waals surface area contributed by atoms with E-state index < -0.39 is 0 Å². The summed E-state index contributed by atoms with van der Waals surface area (Å²) in [5, 5.41) is 1.17. The van der Waals surface area contributed by atoms with Crippen LogP contribution in [-0.2, 0) is 0 Å². The Balaban J connectivity index is 1.96. The molecule has 0 radical (unpaired) electrons. The maximum atomic E-state index is 5.51. The van der Waals surface area contributed by atoms with Crippen LogP contribution >= 0.6 is 0 Å². The molecular weight excluding hydrogens is 320 g/mol. The van der Waals surface area contributed by atoms with E-state index in [1.807, 2.05) is 12.3 Å². The average molecular weight is 346 g/mol. The Morgan fingerprint density at radius 3 is 2.42 bits per heavy atom. The van der Waals surface area contributed by atoms with Crippen LogP contribution in [0.5, 0.6) is 5.75 Å². The van der Waals surface area contributed by atoms with Gasteiger partial charge in [-0.25, -0.2) is 0 Å². The van der Waals surface area contributed by atoms with Gasteiger partial charge in [-0.3, -0.25) is 4.98 Å². The Labute approximate surface area is 155 Å². The van der Waals surface area contributed by atoms with Crippen molar-refractivity contribution in [3.05, 3.63) is 54.7 Å². The van der Waals surface area contributed by atoms with Crippen molar-refractivity contribution in [3.63, 3.8) is 0 Å². The van der Waals surface area contributed by atoms with Crippen LogP contribution in [0, 0.1) is 11.8 Å². The fourth-order valence-corrected chi connectivity index (χ4v) is 4.30. The highest BCUT2D eigenvalue weighted by Gasteiger charge is 2.26. The van der Waals surface area contributed by atoms with Crippen LogP contribution in [-0.4, -0.2) is 25.2 Å². The molecule has 26 heavy (non-hydrogen) atoms. The molecule has 1 fully saturated rings. The number of fused-ring (bicyclic) bond motifs is 1. The minimum Gasteiger partial charge on any atom is -0.497 e. The van der Waals surface area contributed by atoms with Gasteiger partial charge in [-0.15, -0.1) is 0 Å². The second-order valence-electron chi connectivity index (χ2n) is 7.62. The number of hydrogen-bond acceptors (Lipinski definition) is 3. The van der Waals surface area contributed by atoms with E-state index >= 15 is 0 Å². The Bertz CT molecular complexity index is 897. The predicted octanol–water partition coefficient (Wildman–Crippen LogP) is 5.39. The predicted molar refractivity (Wildman–Crippen MR) is 109 cm³/mol. The van der Waals surface area contributed by atoms with Crippen LogP contribution in [0.15, 0.2) is 54.7 Å². The molecule has 2 heterocycles. The molecule has 3 heteroatoms. The minimum atomic E-state index is 0.691. The normalized spacial score (nSPS) is 20.3. The lowest BCUT2D eigenvalue weighted by atomic mass is 9.90. The molecule has 0 spiro atoms. The summed E-state index contributed by atoms with van der Waals surface area (Å²) in [6.07, 6.45) is 3.33. The molecule has 4 rings (SSSR count). The van der Waals surface area contributed by atoms with Crippen LogP contribution in [0.2, 0.25) is 0 Å². The van der Waals surface area contributed by atoms with E-state index in [0.717, 1.165) is 24.4 Å². The summed E-state index contributed by atoms with van der Waals surface area (Å²) in [6, 6.07) is 16.8. The first-order chi connectivity index (χ1) is 12.7. The van der Waals surface area contributed by atoms with Gasteiger partial charge in [0.15, 0.2) is 0 Å². The monoisotopic (exact) mass is 346 g/mol. The highest BCUT2D eigenvalue weighted by molar-refractivity contribution is 6.00.